The Labute approximate surface area is 140 Å². The predicted molar refractivity (Wildman–Crippen MR) is 92.7 cm³/mol. The van der Waals surface area contributed by atoms with Crippen molar-refractivity contribution in [3.05, 3.63) is 59.4 Å². The van der Waals surface area contributed by atoms with Crippen LogP contribution in [-0.4, -0.2) is 23.3 Å². The number of halogens is 1. The van der Waals surface area contributed by atoms with Crippen LogP contribution in [0.4, 0.5) is 10.1 Å². The van der Waals surface area contributed by atoms with Crippen LogP contribution in [0.15, 0.2) is 47.6 Å². The van der Waals surface area contributed by atoms with Crippen molar-refractivity contribution < 1.29 is 14.3 Å². The van der Waals surface area contributed by atoms with E-state index in [0.29, 0.717) is 17.7 Å². The first-order chi connectivity index (χ1) is 11.5. The van der Waals surface area contributed by atoms with E-state index < -0.39 is 6.04 Å². The third-order valence-electron chi connectivity index (χ3n) is 3.54. The summed E-state index contributed by atoms with van der Waals surface area (Å²) in [6, 6.07) is 10.6. The molecule has 0 fully saturated rings. The van der Waals surface area contributed by atoms with E-state index in [9.17, 15) is 14.3 Å². The molecule has 6 heteroatoms. The highest BCUT2D eigenvalue weighted by Gasteiger charge is 2.15. The van der Waals surface area contributed by atoms with Gasteiger partial charge in [0.05, 0.1) is 6.21 Å². The Bertz CT molecular complexity index is 747. The van der Waals surface area contributed by atoms with Crippen molar-refractivity contribution >= 4 is 17.8 Å². The molecule has 2 aromatic rings. The predicted octanol–water partition coefficient (Wildman–Crippen LogP) is 3.18. The summed E-state index contributed by atoms with van der Waals surface area (Å²) < 4.78 is 13.2. The summed E-state index contributed by atoms with van der Waals surface area (Å²) in [6.07, 6.45) is 1.89. The average Bonchev–Trinajstić information content (AvgIpc) is 2.56. The minimum atomic E-state index is -0.546. The van der Waals surface area contributed by atoms with Gasteiger partial charge in [-0.15, -0.1) is 0 Å². The summed E-state index contributed by atoms with van der Waals surface area (Å²) >= 11 is 0. The second kappa shape index (κ2) is 8.10. The van der Waals surface area contributed by atoms with E-state index in [2.05, 4.69) is 15.8 Å². The largest absolute Gasteiger partial charge is 0.507 e. The Morgan fingerprint density at radius 1 is 1.33 bits per heavy atom. The fourth-order valence-corrected chi connectivity index (χ4v) is 2.16. The number of anilines is 1. The molecule has 0 saturated carbocycles. The zero-order valence-corrected chi connectivity index (χ0v) is 13.6. The number of carbonyl (C=O) groups is 1. The maximum absolute atomic E-state index is 13.2. The van der Waals surface area contributed by atoms with Gasteiger partial charge in [-0.2, -0.15) is 5.10 Å². The number of aromatic hydroxyl groups is 1. The van der Waals surface area contributed by atoms with E-state index in [1.807, 2.05) is 6.92 Å². The first kappa shape index (κ1) is 17.5. The highest BCUT2D eigenvalue weighted by Crippen LogP contribution is 2.19. The Kier molecular flexibility index (Phi) is 5.89. The molecule has 1 atom stereocenters. The van der Waals surface area contributed by atoms with E-state index in [1.54, 1.807) is 37.3 Å². The first-order valence-corrected chi connectivity index (χ1v) is 7.65. The smallest absolute Gasteiger partial charge is 0.262 e. The minimum Gasteiger partial charge on any atom is -0.507 e. The lowest BCUT2D eigenvalue weighted by molar-refractivity contribution is -0.121. The lowest BCUT2D eigenvalue weighted by Gasteiger charge is -2.16. The van der Waals surface area contributed by atoms with Crippen molar-refractivity contribution in [2.45, 2.75) is 26.3 Å². The molecule has 0 bridgehead atoms. The van der Waals surface area contributed by atoms with Crippen LogP contribution in [0.2, 0.25) is 0 Å². The topological polar surface area (TPSA) is 73.7 Å². The maximum atomic E-state index is 13.2. The van der Waals surface area contributed by atoms with Crippen molar-refractivity contribution in [1.82, 2.24) is 5.43 Å². The zero-order valence-electron chi connectivity index (χ0n) is 13.6. The van der Waals surface area contributed by atoms with Crippen molar-refractivity contribution in [2.75, 3.05) is 5.32 Å². The molecule has 0 unspecified atom stereocenters. The molecule has 0 aliphatic carbocycles. The number of carbonyl (C=O) groups excluding carboxylic acids is 1. The molecule has 0 aliphatic heterocycles. The van der Waals surface area contributed by atoms with Crippen LogP contribution in [-0.2, 0) is 4.79 Å². The highest BCUT2D eigenvalue weighted by atomic mass is 19.1. The summed E-state index contributed by atoms with van der Waals surface area (Å²) in [5, 5.41) is 16.7. The highest BCUT2D eigenvalue weighted by molar-refractivity contribution is 5.88. The number of amides is 1. The monoisotopic (exact) mass is 329 g/mol. The van der Waals surface area contributed by atoms with Gasteiger partial charge in [-0.05, 0) is 43.2 Å². The molecule has 126 valence electrons. The van der Waals surface area contributed by atoms with E-state index in [0.717, 1.165) is 5.56 Å². The summed E-state index contributed by atoms with van der Waals surface area (Å²) in [7, 11) is 0. The summed E-state index contributed by atoms with van der Waals surface area (Å²) in [4.78, 5) is 12.2. The van der Waals surface area contributed by atoms with E-state index in [4.69, 9.17) is 0 Å². The number of phenols is 1. The molecular weight excluding hydrogens is 309 g/mol. The maximum Gasteiger partial charge on any atom is 0.262 e. The molecular formula is C18H20FN3O2. The van der Waals surface area contributed by atoms with Crippen LogP contribution < -0.4 is 10.7 Å². The molecule has 0 radical (unpaired) electrons. The Balaban J connectivity index is 1.99. The van der Waals surface area contributed by atoms with Crippen LogP contribution in [0, 0.1) is 12.7 Å². The van der Waals surface area contributed by atoms with Gasteiger partial charge in [0.15, 0.2) is 0 Å². The number of phenolic OH excluding ortho intramolecular Hbond substituents is 1. The number of hydrogen-bond acceptors (Lipinski definition) is 4. The third kappa shape index (κ3) is 4.55. The van der Waals surface area contributed by atoms with Crippen molar-refractivity contribution in [3.8, 4) is 5.75 Å². The fourth-order valence-electron chi connectivity index (χ4n) is 2.16. The van der Waals surface area contributed by atoms with Crippen LogP contribution in [0.5, 0.6) is 5.75 Å². The van der Waals surface area contributed by atoms with E-state index >= 15 is 0 Å². The van der Waals surface area contributed by atoms with Gasteiger partial charge >= 0.3 is 0 Å². The number of nitrogens with one attached hydrogen (secondary N) is 2. The second-order valence-corrected chi connectivity index (χ2v) is 5.36. The van der Waals surface area contributed by atoms with Crippen LogP contribution in [0.3, 0.4) is 0 Å². The van der Waals surface area contributed by atoms with Crippen molar-refractivity contribution in [1.29, 1.82) is 0 Å². The van der Waals surface area contributed by atoms with Crippen LogP contribution in [0.1, 0.15) is 24.5 Å². The van der Waals surface area contributed by atoms with Crippen LogP contribution in [0.25, 0.3) is 0 Å². The normalized spacial score (nSPS) is 12.1. The van der Waals surface area contributed by atoms with Gasteiger partial charge in [-0.1, -0.05) is 25.1 Å². The number of hydrogen-bond donors (Lipinski definition) is 3. The lowest BCUT2D eigenvalue weighted by atomic mass is 10.1. The van der Waals surface area contributed by atoms with Crippen molar-refractivity contribution in [3.63, 3.8) is 0 Å². The summed E-state index contributed by atoms with van der Waals surface area (Å²) in [5.41, 5.74) is 4.19. The van der Waals surface area contributed by atoms with Gasteiger partial charge in [0.1, 0.15) is 17.6 Å². The van der Waals surface area contributed by atoms with E-state index in [-0.39, 0.29) is 17.5 Å². The van der Waals surface area contributed by atoms with Gasteiger partial charge < -0.3 is 10.4 Å². The molecule has 2 rings (SSSR count). The molecule has 3 N–H and O–H groups in total. The molecule has 1 amide bonds. The van der Waals surface area contributed by atoms with Crippen molar-refractivity contribution in [2.24, 2.45) is 5.10 Å². The minimum absolute atomic E-state index is 0.125. The van der Waals surface area contributed by atoms with Gasteiger partial charge in [-0.25, -0.2) is 9.82 Å². The molecule has 5 nitrogen and oxygen atoms in total. The van der Waals surface area contributed by atoms with Gasteiger partial charge in [0.25, 0.3) is 5.91 Å². The second-order valence-electron chi connectivity index (χ2n) is 5.36. The van der Waals surface area contributed by atoms with E-state index in [1.165, 1.54) is 18.3 Å². The third-order valence-corrected chi connectivity index (χ3v) is 3.54. The Morgan fingerprint density at radius 3 is 2.79 bits per heavy atom. The standard InChI is InChI=1S/C18H20FN3O2/c1-3-16(21-15-9-5-8-14(19)10-15)18(24)22-20-11-13-7-4-6-12(2)17(13)23/h4-11,16,21,23H,3H2,1-2H3,(H,22,24)/b20-11+/t16-/m1/s1. The molecule has 2 aromatic carbocycles. The lowest BCUT2D eigenvalue weighted by Crippen LogP contribution is -2.36. The number of rotatable bonds is 6. The number of benzene rings is 2. The quantitative estimate of drug-likeness (QED) is 0.563. The first-order valence-electron chi connectivity index (χ1n) is 7.65. The zero-order chi connectivity index (χ0) is 17.5. The Hall–Kier alpha value is -2.89. The van der Waals surface area contributed by atoms with Crippen LogP contribution >= 0.6 is 0 Å². The number of hydrazone groups is 1. The Morgan fingerprint density at radius 2 is 2.08 bits per heavy atom. The molecule has 0 aromatic heterocycles. The molecule has 0 spiro atoms. The van der Waals surface area contributed by atoms with Gasteiger partial charge in [-0.3, -0.25) is 4.79 Å². The summed E-state index contributed by atoms with van der Waals surface area (Å²) in [5.74, 6) is -0.589. The molecule has 0 heterocycles. The molecule has 0 aliphatic rings. The average molecular weight is 329 g/mol. The molecule has 0 saturated heterocycles. The fraction of sp³-hybridized carbons (Fsp3) is 0.222. The molecule has 24 heavy (non-hydrogen) atoms. The number of para-hydroxylation sites is 1. The summed E-state index contributed by atoms with van der Waals surface area (Å²) in [6.45, 7) is 3.62. The van der Waals surface area contributed by atoms with Gasteiger partial charge in [0, 0.05) is 11.3 Å². The SMILES string of the molecule is CC[C@@H](Nc1cccc(F)c1)C(=O)N/N=C/c1cccc(C)c1O. The number of aryl methyl sites for hydroxylation is 1. The number of nitrogens with zero attached hydrogens (tertiary/aromatic N) is 1. The van der Waals surface area contributed by atoms with Gasteiger partial charge in [0.2, 0.25) is 0 Å².